The van der Waals surface area contributed by atoms with E-state index in [-0.39, 0.29) is 11.8 Å². The van der Waals surface area contributed by atoms with E-state index >= 15 is 0 Å². The standard InChI is InChI=1S/C10H17N3OS/c1-3-4-8(5-11)9(14)13-10-12-6-7(2)15-10/h6,8H,3-5,11H2,1-2H3,(H,12,13,14). The third-order valence-electron chi connectivity index (χ3n) is 2.14. The molecule has 1 rings (SSSR count). The van der Waals surface area contributed by atoms with Crippen molar-refractivity contribution in [2.24, 2.45) is 11.7 Å². The van der Waals surface area contributed by atoms with Gasteiger partial charge >= 0.3 is 0 Å². The number of carbonyl (C=O) groups excluding carboxylic acids is 1. The Balaban J connectivity index is 2.53. The average molecular weight is 227 g/mol. The average Bonchev–Trinajstić information content (AvgIpc) is 2.60. The summed E-state index contributed by atoms with van der Waals surface area (Å²) in [6.45, 7) is 4.40. The van der Waals surface area contributed by atoms with Crippen molar-refractivity contribution in [2.45, 2.75) is 26.7 Å². The molecule has 0 radical (unpaired) electrons. The van der Waals surface area contributed by atoms with Gasteiger partial charge in [-0.1, -0.05) is 13.3 Å². The number of aromatic nitrogens is 1. The number of carbonyl (C=O) groups is 1. The number of thiazole rings is 1. The summed E-state index contributed by atoms with van der Waals surface area (Å²) < 4.78 is 0. The van der Waals surface area contributed by atoms with Crippen molar-refractivity contribution in [2.75, 3.05) is 11.9 Å². The topological polar surface area (TPSA) is 68.0 Å². The highest BCUT2D eigenvalue weighted by Crippen LogP contribution is 2.18. The first-order valence-electron chi connectivity index (χ1n) is 5.10. The third-order valence-corrected chi connectivity index (χ3v) is 2.97. The van der Waals surface area contributed by atoms with Gasteiger partial charge < -0.3 is 11.1 Å². The molecule has 15 heavy (non-hydrogen) atoms. The van der Waals surface area contributed by atoms with Crippen molar-refractivity contribution in [3.8, 4) is 0 Å². The van der Waals surface area contributed by atoms with Crippen LogP contribution in [0.25, 0.3) is 0 Å². The maximum atomic E-state index is 11.7. The quantitative estimate of drug-likeness (QED) is 0.805. The maximum Gasteiger partial charge on any atom is 0.230 e. The third kappa shape index (κ3) is 3.60. The zero-order chi connectivity index (χ0) is 11.3. The van der Waals surface area contributed by atoms with Crippen LogP contribution in [0.5, 0.6) is 0 Å². The summed E-state index contributed by atoms with van der Waals surface area (Å²) in [6.07, 6.45) is 3.54. The van der Waals surface area contributed by atoms with Gasteiger partial charge in [0.1, 0.15) is 0 Å². The first-order valence-corrected chi connectivity index (χ1v) is 5.92. The van der Waals surface area contributed by atoms with Gasteiger partial charge in [-0.25, -0.2) is 4.98 Å². The first-order chi connectivity index (χ1) is 7.17. The fraction of sp³-hybridized carbons (Fsp3) is 0.600. The molecule has 0 aliphatic rings. The molecule has 1 aromatic heterocycles. The number of rotatable bonds is 5. The van der Waals surface area contributed by atoms with Crippen LogP contribution in [0.3, 0.4) is 0 Å². The molecule has 4 nitrogen and oxygen atoms in total. The number of hydrogen-bond acceptors (Lipinski definition) is 4. The van der Waals surface area contributed by atoms with Crippen LogP contribution in [0.4, 0.5) is 5.13 Å². The second-order valence-electron chi connectivity index (χ2n) is 3.49. The lowest BCUT2D eigenvalue weighted by atomic mass is 10.0. The number of nitrogens with two attached hydrogens (primary N) is 1. The maximum absolute atomic E-state index is 11.7. The molecule has 1 amide bonds. The van der Waals surface area contributed by atoms with Crippen molar-refractivity contribution in [3.05, 3.63) is 11.1 Å². The minimum Gasteiger partial charge on any atom is -0.330 e. The summed E-state index contributed by atoms with van der Waals surface area (Å²) >= 11 is 1.48. The monoisotopic (exact) mass is 227 g/mol. The summed E-state index contributed by atoms with van der Waals surface area (Å²) in [5.74, 6) is -0.118. The van der Waals surface area contributed by atoms with Gasteiger partial charge in [0.25, 0.3) is 0 Å². The van der Waals surface area contributed by atoms with Crippen molar-refractivity contribution in [1.29, 1.82) is 0 Å². The molecule has 5 heteroatoms. The molecule has 0 saturated carbocycles. The molecule has 1 atom stereocenters. The normalized spacial score (nSPS) is 12.5. The minimum atomic E-state index is -0.0980. The Morgan fingerprint density at radius 2 is 2.47 bits per heavy atom. The summed E-state index contributed by atoms with van der Waals surface area (Å²) in [7, 11) is 0. The zero-order valence-corrected chi connectivity index (χ0v) is 9.93. The highest BCUT2D eigenvalue weighted by Gasteiger charge is 2.16. The predicted molar refractivity (Wildman–Crippen MR) is 62.9 cm³/mol. The SMILES string of the molecule is CCCC(CN)C(=O)Nc1ncc(C)s1. The lowest BCUT2D eigenvalue weighted by Crippen LogP contribution is -2.29. The Hall–Kier alpha value is -0.940. The molecule has 84 valence electrons. The molecule has 0 fully saturated rings. The molecule has 0 saturated heterocycles. The largest absolute Gasteiger partial charge is 0.330 e. The van der Waals surface area contributed by atoms with Crippen LogP contribution in [-0.4, -0.2) is 17.4 Å². The van der Waals surface area contributed by atoms with Crippen LogP contribution in [0.1, 0.15) is 24.6 Å². The van der Waals surface area contributed by atoms with E-state index in [1.165, 1.54) is 11.3 Å². The highest BCUT2D eigenvalue weighted by atomic mass is 32.1. The van der Waals surface area contributed by atoms with Crippen LogP contribution >= 0.6 is 11.3 Å². The second-order valence-corrected chi connectivity index (χ2v) is 4.72. The van der Waals surface area contributed by atoms with Crippen molar-refractivity contribution >= 4 is 22.4 Å². The van der Waals surface area contributed by atoms with E-state index in [4.69, 9.17) is 5.73 Å². The van der Waals surface area contributed by atoms with E-state index in [1.807, 2.05) is 13.8 Å². The van der Waals surface area contributed by atoms with Gasteiger partial charge in [0.15, 0.2) is 5.13 Å². The van der Waals surface area contributed by atoms with Crippen LogP contribution < -0.4 is 11.1 Å². The van der Waals surface area contributed by atoms with E-state index < -0.39 is 0 Å². The van der Waals surface area contributed by atoms with Gasteiger partial charge in [-0.3, -0.25) is 4.79 Å². The fourth-order valence-corrected chi connectivity index (χ4v) is 1.99. The Kier molecular flexibility index (Phi) is 4.71. The molecule has 0 aromatic carbocycles. The van der Waals surface area contributed by atoms with Crippen molar-refractivity contribution in [3.63, 3.8) is 0 Å². The summed E-state index contributed by atoms with van der Waals surface area (Å²) in [5, 5.41) is 3.45. The van der Waals surface area contributed by atoms with Gasteiger partial charge in [0, 0.05) is 17.6 Å². The van der Waals surface area contributed by atoms with E-state index in [9.17, 15) is 4.79 Å². The van der Waals surface area contributed by atoms with Gasteiger partial charge in [0.2, 0.25) is 5.91 Å². The number of nitrogens with one attached hydrogen (secondary N) is 1. The molecular formula is C10H17N3OS. The summed E-state index contributed by atoms with van der Waals surface area (Å²) in [4.78, 5) is 16.9. The van der Waals surface area contributed by atoms with Crippen molar-refractivity contribution < 1.29 is 4.79 Å². The molecule has 1 unspecified atom stereocenters. The molecule has 0 aliphatic heterocycles. The Bertz CT molecular complexity index is 324. The molecule has 3 N–H and O–H groups in total. The number of amides is 1. The molecule has 0 spiro atoms. The van der Waals surface area contributed by atoms with Gasteiger partial charge in [-0.15, -0.1) is 11.3 Å². The number of hydrogen-bond donors (Lipinski definition) is 2. The fourth-order valence-electron chi connectivity index (χ4n) is 1.32. The van der Waals surface area contributed by atoms with Gasteiger partial charge in [-0.2, -0.15) is 0 Å². The summed E-state index contributed by atoms with van der Waals surface area (Å²) in [5.41, 5.74) is 5.54. The van der Waals surface area contributed by atoms with Crippen molar-refractivity contribution in [1.82, 2.24) is 4.98 Å². The molecule has 1 heterocycles. The van der Waals surface area contributed by atoms with Crippen LogP contribution in [-0.2, 0) is 4.79 Å². The minimum absolute atomic E-state index is 0.0197. The zero-order valence-electron chi connectivity index (χ0n) is 9.12. The first kappa shape index (κ1) is 12.1. The van der Waals surface area contributed by atoms with Crippen LogP contribution in [0.2, 0.25) is 0 Å². The van der Waals surface area contributed by atoms with Crippen LogP contribution in [0.15, 0.2) is 6.20 Å². The molecule has 0 aliphatic carbocycles. The Morgan fingerprint density at radius 1 is 1.73 bits per heavy atom. The summed E-state index contributed by atoms with van der Waals surface area (Å²) in [6, 6.07) is 0. The second kappa shape index (κ2) is 5.82. The van der Waals surface area contributed by atoms with Crippen LogP contribution in [0, 0.1) is 12.8 Å². The predicted octanol–water partition coefficient (Wildman–Crippen LogP) is 1.77. The van der Waals surface area contributed by atoms with E-state index in [1.54, 1.807) is 6.20 Å². The molecule has 0 bridgehead atoms. The van der Waals surface area contributed by atoms with E-state index in [0.717, 1.165) is 17.7 Å². The smallest absolute Gasteiger partial charge is 0.230 e. The van der Waals surface area contributed by atoms with E-state index in [0.29, 0.717) is 11.7 Å². The van der Waals surface area contributed by atoms with E-state index in [2.05, 4.69) is 10.3 Å². The Morgan fingerprint density at radius 3 is 2.93 bits per heavy atom. The van der Waals surface area contributed by atoms with Gasteiger partial charge in [0.05, 0.1) is 5.92 Å². The lowest BCUT2D eigenvalue weighted by molar-refractivity contribution is -0.119. The van der Waals surface area contributed by atoms with Gasteiger partial charge in [-0.05, 0) is 13.3 Å². The number of anilines is 1. The molecular weight excluding hydrogens is 210 g/mol. The molecule has 1 aromatic rings. The number of aryl methyl sites for hydroxylation is 1. The lowest BCUT2D eigenvalue weighted by Gasteiger charge is -2.11. The number of nitrogens with zero attached hydrogens (tertiary/aromatic N) is 1. The Labute approximate surface area is 93.9 Å². The highest BCUT2D eigenvalue weighted by molar-refractivity contribution is 7.15.